The van der Waals surface area contributed by atoms with Crippen LogP contribution >= 0.6 is 0 Å². The maximum Gasteiger partial charge on any atom is 0.191 e. The Balaban J connectivity index is 2.80. The standard InChI is InChI=1S/C23H44OSi2/c1-10-11-12-13-14-21-19-20(15-16-22(21)25(5,6)7)17-18-24-26(8,9)23(2,3)4/h15-16,19H,10-14,17-18H2,1-9H3. The first-order valence-electron chi connectivity index (χ1n) is 10.6. The van der Waals surface area contributed by atoms with Gasteiger partial charge in [-0.2, -0.15) is 0 Å². The second-order valence-electron chi connectivity index (χ2n) is 10.4. The van der Waals surface area contributed by atoms with Crippen molar-refractivity contribution in [1.29, 1.82) is 0 Å². The van der Waals surface area contributed by atoms with Crippen LogP contribution < -0.4 is 5.19 Å². The smallest absolute Gasteiger partial charge is 0.191 e. The number of benzene rings is 1. The number of unbranched alkanes of at least 4 members (excludes halogenated alkanes) is 3. The normalized spacial score (nSPS) is 13.3. The molecule has 0 aliphatic rings. The molecule has 1 aromatic carbocycles. The Morgan fingerprint density at radius 1 is 0.885 bits per heavy atom. The Labute approximate surface area is 166 Å². The lowest BCUT2D eigenvalue weighted by Crippen LogP contribution is -2.41. The van der Waals surface area contributed by atoms with Gasteiger partial charge in [0.2, 0.25) is 0 Å². The fourth-order valence-electron chi connectivity index (χ4n) is 3.12. The minimum atomic E-state index is -1.64. The maximum atomic E-state index is 6.40. The molecule has 0 radical (unpaired) electrons. The molecule has 1 rings (SSSR count). The minimum Gasteiger partial charge on any atom is -0.416 e. The summed E-state index contributed by atoms with van der Waals surface area (Å²) < 4.78 is 6.40. The summed E-state index contributed by atoms with van der Waals surface area (Å²) in [6.45, 7) is 22.2. The van der Waals surface area contributed by atoms with Crippen LogP contribution in [0.15, 0.2) is 18.2 Å². The third-order valence-electron chi connectivity index (χ3n) is 5.94. The molecule has 1 nitrogen and oxygen atoms in total. The SMILES string of the molecule is CCCCCCc1cc(CCO[Si](C)(C)C(C)(C)C)ccc1[Si](C)(C)C. The van der Waals surface area contributed by atoms with Gasteiger partial charge < -0.3 is 4.43 Å². The monoisotopic (exact) mass is 392 g/mol. The highest BCUT2D eigenvalue weighted by molar-refractivity contribution is 6.89. The van der Waals surface area contributed by atoms with E-state index in [2.05, 4.69) is 78.6 Å². The van der Waals surface area contributed by atoms with Crippen LogP contribution in [0, 0.1) is 0 Å². The molecule has 0 amide bonds. The van der Waals surface area contributed by atoms with Gasteiger partial charge in [0, 0.05) is 6.61 Å². The van der Waals surface area contributed by atoms with Crippen molar-refractivity contribution >= 4 is 21.6 Å². The molecular formula is C23H44OSi2. The van der Waals surface area contributed by atoms with Crippen molar-refractivity contribution < 1.29 is 4.43 Å². The summed E-state index contributed by atoms with van der Waals surface area (Å²) in [5.74, 6) is 0. The first kappa shape index (κ1) is 23.7. The third kappa shape index (κ3) is 7.32. The summed E-state index contributed by atoms with van der Waals surface area (Å²) in [5, 5.41) is 1.95. The van der Waals surface area contributed by atoms with E-state index in [1.165, 1.54) is 37.7 Å². The molecule has 0 saturated heterocycles. The molecule has 0 fully saturated rings. The van der Waals surface area contributed by atoms with Crippen LogP contribution in [0.5, 0.6) is 0 Å². The molecule has 0 aromatic heterocycles. The predicted octanol–water partition coefficient (Wildman–Crippen LogP) is 6.92. The van der Waals surface area contributed by atoms with Crippen molar-refractivity contribution in [1.82, 2.24) is 0 Å². The molecule has 0 unspecified atom stereocenters. The largest absolute Gasteiger partial charge is 0.416 e. The van der Waals surface area contributed by atoms with Gasteiger partial charge in [0.25, 0.3) is 0 Å². The molecule has 0 saturated carbocycles. The maximum absolute atomic E-state index is 6.40. The Morgan fingerprint density at radius 3 is 2.08 bits per heavy atom. The van der Waals surface area contributed by atoms with E-state index in [0.717, 1.165) is 13.0 Å². The van der Waals surface area contributed by atoms with Crippen molar-refractivity contribution in [3.05, 3.63) is 29.3 Å². The molecule has 26 heavy (non-hydrogen) atoms. The molecule has 1 aromatic rings. The summed E-state index contributed by atoms with van der Waals surface area (Å²) in [6, 6.07) is 7.29. The average molecular weight is 393 g/mol. The van der Waals surface area contributed by atoms with E-state index >= 15 is 0 Å². The molecule has 0 aliphatic heterocycles. The van der Waals surface area contributed by atoms with E-state index in [9.17, 15) is 0 Å². The van der Waals surface area contributed by atoms with E-state index in [1.54, 1.807) is 10.8 Å². The summed E-state index contributed by atoms with van der Waals surface area (Å²) in [7, 11) is -2.92. The van der Waals surface area contributed by atoms with Crippen molar-refractivity contribution in [3.63, 3.8) is 0 Å². The van der Waals surface area contributed by atoms with Crippen molar-refractivity contribution in [2.45, 2.75) is 104 Å². The molecule has 3 heteroatoms. The lowest BCUT2D eigenvalue weighted by Gasteiger charge is -2.36. The molecule has 0 atom stereocenters. The van der Waals surface area contributed by atoms with Gasteiger partial charge in [-0.15, -0.1) is 0 Å². The van der Waals surface area contributed by atoms with Crippen LogP contribution in [-0.2, 0) is 17.3 Å². The van der Waals surface area contributed by atoms with E-state index in [1.807, 2.05) is 0 Å². The minimum absolute atomic E-state index is 0.291. The van der Waals surface area contributed by atoms with Gasteiger partial charge in [-0.1, -0.05) is 90.0 Å². The third-order valence-corrected chi connectivity index (χ3v) is 12.6. The van der Waals surface area contributed by atoms with Gasteiger partial charge in [-0.25, -0.2) is 0 Å². The highest BCUT2D eigenvalue weighted by Gasteiger charge is 2.36. The van der Waals surface area contributed by atoms with Gasteiger partial charge in [-0.05, 0) is 48.5 Å². The topological polar surface area (TPSA) is 9.23 Å². The molecule has 0 heterocycles. The van der Waals surface area contributed by atoms with Crippen LogP contribution in [0.3, 0.4) is 0 Å². The zero-order valence-corrected chi connectivity index (χ0v) is 21.1. The summed E-state index contributed by atoms with van der Waals surface area (Å²) in [6.07, 6.45) is 7.65. The van der Waals surface area contributed by atoms with E-state index in [-0.39, 0.29) is 0 Å². The summed E-state index contributed by atoms with van der Waals surface area (Å²) in [5.41, 5.74) is 3.07. The number of rotatable bonds is 10. The van der Waals surface area contributed by atoms with Crippen LogP contribution in [0.4, 0.5) is 0 Å². The molecule has 0 spiro atoms. The van der Waals surface area contributed by atoms with Gasteiger partial charge in [0.15, 0.2) is 8.32 Å². The first-order valence-corrected chi connectivity index (χ1v) is 17.1. The van der Waals surface area contributed by atoms with Crippen LogP contribution in [0.25, 0.3) is 0 Å². The van der Waals surface area contributed by atoms with E-state index < -0.39 is 16.4 Å². The van der Waals surface area contributed by atoms with Crippen LogP contribution in [0.1, 0.15) is 64.5 Å². The molecule has 0 N–H and O–H groups in total. The number of aryl methyl sites for hydroxylation is 1. The fourth-order valence-corrected chi connectivity index (χ4v) is 5.91. The summed E-state index contributed by atoms with van der Waals surface area (Å²) in [4.78, 5) is 0. The van der Waals surface area contributed by atoms with Crippen molar-refractivity contribution in [3.8, 4) is 0 Å². The van der Waals surface area contributed by atoms with E-state index in [4.69, 9.17) is 4.43 Å². The highest BCUT2D eigenvalue weighted by Crippen LogP contribution is 2.36. The molecule has 0 aliphatic carbocycles. The van der Waals surface area contributed by atoms with Crippen molar-refractivity contribution in [2.24, 2.45) is 0 Å². The van der Waals surface area contributed by atoms with Gasteiger partial charge in [0.1, 0.15) is 0 Å². The molecule has 150 valence electrons. The average Bonchev–Trinajstić information content (AvgIpc) is 2.49. The Hall–Kier alpha value is -0.386. The number of hydrogen-bond acceptors (Lipinski definition) is 1. The zero-order chi connectivity index (χ0) is 20.0. The van der Waals surface area contributed by atoms with Crippen molar-refractivity contribution in [2.75, 3.05) is 6.61 Å². The Morgan fingerprint density at radius 2 is 1.54 bits per heavy atom. The lowest BCUT2D eigenvalue weighted by molar-refractivity contribution is 0.292. The predicted molar refractivity (Wildman–Crippen MR) is 124 cm³/mol. The van der Waals surface area contributed by atoms with Gasteiger partial charge >= 0.3 is 0 Å². The Kier molecular flexibility index (Phi) is 8.83. The molecular weight excluding hydrogens is 348 g/mol. The number of hydrogen-bond donors (Lipinski definition) is 0. The highest BCUT2D eigenvalue weighted by atomic mass is 28.4. The van der Waals surface area contributed by atoms with Gasteiger partial charge in [-0.3, -0.25) is 0 Å². The Bertz CT molecular complexity index is 550. The summed E-state index contributed by atoms with van der Waals surface area (Å²) >= 11 is 0. The second-order valence-corrected chi connectivity index (χ2v) is 20.3. The molecule has 0 bridgehead atoms. The van der Waals surface area contributed by atoms with E-state index in [0.29, 0.717) is 5.04 Å². The quantitative estimate of drug-likeness (QED) is 0.310. The van der Waals surface area contributed by atoms with Crippen LogP contribution in [0.2, 0.25) is 37.8 Å². The van der Waals surface area contributed by atoms with Gasteiger partial charge in [0.05, 0.1) is 8.07 Å². The fraction of sp³-hybridized carbons (Fsp3) is 0.739. The zero-order valence-electron chi connectivity index (χ0n) is 19.1. The second kappa shape index (κ2) is 9.70. The van der Waals surface area contributed by atoms with Crippen LogP contribution in [-0.4, -0.2) is 23.0 Å². The first-order chi connectivity index (χ1) is 11.9. The lowest BCUT2D eigenvalue weighted by atomic mass is 10.0.